The number of ether oxygens (including phenoxy) is 3. The van der Waals surface area contributed by atoms with Crippen molar-refractivity contribution in [2.45, 2.75) is 11.4 Å². The maximum atomic E-state index is 12.1. The Balaban J connectivity index is 1.48. The second-order valence-electron chi connectivity index (χ2n) is 6.53. The molecule has 7 nitrogen and oxygen atoms in total. The third-order valence-electron chi connectivity index (χ3n) is 4.23. The molecule has 1 aliphatic rings. The largest absolute Gasteiger partial charge is 0.492 e. The summed E-state index contributed by atoms with van der Waals surface area (Å²) in [5.41, 5.74) is 1.14. The van der Waals surface area contributed by atoms with E-state index in [2.05, 4.69) is 4.90 Å². The summed E-state index contributed by atoms with van der Waals surface area (Å²) >= 11 is 0. The summed E-state index contributed by atoms with van der Waals surface area (Å²) in [5, 5.41) is 0. The number of hydrogen-bond donors (Lipinski definition) is 0. The van der Waals surface area contributed by atoms with Crippen LogP contribution in [0.1, 0.15) is 5.56 Å². The molecule has 0 unspecified atom stereocenters. The quantitative estimate of drug-likeness (QED) is 0.686. The molecule has 2 aromatic rings. The maximum Gasteiger partial charge on any atom is 0.242 e. The highest BCUT2D eigenvalue weighted by atomic mass is 32.2. The number of fused-ring (bicyclic) bond motifs is 1. The van der Waals surface area contributed by atoms with E-state index in [1.807, 2.05) is 25.2 Å². The van der Waals surface area contributed by atoms with E-state index in [4.69, 9.17) is 14.2 Å². The molecule has 0 saturated heterocycles. The van der Waals surface area contributed by atoms with Gasteiger partial charge in [-0.05, 0) is 49.0 Å². The Bertz CT molecular complexity index is 881. The lowest BCUT2D eigenvalue weighted by molar-refractivity contribution is 0.174. The minimum Gasteiger partial charge on any atom is -0.492 e. The molecule has 2 aromatic carbocycles. The molecule has 1 heterocycles. The number of nitrogens with zero attached hydrogens (tertiary/aromatic N) is 2. The second-order valence-corrected chi connectivity index (χ2v) is 8.68. The minimum atomic E-state index is -3.42. The number of rotatable bonds is 8. The Morgan fingerprint density at radius 3 is 2.41 bits per heavy atom. The van der Waals surface area contributed by atoms with Crippen molar-refractivity contribution in [3.8, 4) is 17.2 Å². The zero-order chi connectivity index (χ0) is 19.4. The molecule has 0 spiro atoms. The van der Waals surface area contributed by atoms with E-state index in [-0.39, 0.29) is 11.7 Å². The standard InChI is InChI=1S/C19H24N2O5S/c1-20(2)27(22,23)17-7-5-16(6-8-17)24-11-10-21(3)13-15-4-9-18-19(12-15)26-14-25-18/h4-9,12H,10-11,13-14H2,1-3H3. The highest BCUT2D eigenvalue weighted by molar-refractivity contribution is 7.89. The van der Waals surface area contributed by atoms with E-state index in [1.165, 1.54) is 18.4 Å². The van der Waals surface area contributed by atoms with Gasteiger partial charge in [0.25, 0.3) is 0 Å². The first-order valence-electron chi connectivity index (χ1n) is 8.59. The second kappa shape index (κ2) is 8.16. The third kappa shape index (κ3) is 4.71. The average Bonchev–Trinajstić information content (AvgIpc) is 3.10. The van der Waals surface area contributed by atoms with E-state index in [9.17, 15) is 8.42 Å². The first-order chi connectivity index (χ1) is 12.9. The maximum absolute atomic E-state index is 12.1. The van der Waals surface area contributed by atoms with Crippen molar-refractivity contribution in [2.24, 2.45) is 0 Å². The van der Waals surface area contributed by atoms with Crippen LogP contribution in [0.3, 0.4) is 0 Å². The van der Waals surface area contributed by atoms with Gasteiger partial charge in [-0.15, -0.1) is 0 Å². The molecule has 146 valence electrons. The Kier molecular flexibility index (Phi) is 5.88. The number of benzene rings is 2. The van der Waals surface area contributed by atoms with Crippen molar-refractivity contribution in [3.63, 3.8) is 0 Å². The van der Waals surface area contributed by atoms with E-state index >= 15 is 0 Å². The fraction of sp³-hybridized carbons (Fsp3) is 0.368. The van der Waals surface area contributed by atoms with Crippen LogP contribution >= 0.6 is 0 Å². The Morgan fingerprint density at radius 1 is 1.00 bits per heavy atom. The third-order valence-corrected chi connectivity index (χ3v) is 6.06. The van der Waals surface area contributed by atoms with E-state index in [0.29, 0.717) is 12.4 Å². The first kappa shape index (κ1) is 19.5. The van der Waals surface area contributed by atoms with Crippen molar-refractivity contribution in [3.05, 3.63) is 48.0 Å². The molecule has 0 aliphatic carbocycles. The number of likely N-dealkylation sites (N-methyl/N-ethyl adjacent to an activating group) is 1. The Labute approximate surface area is 160 Å². The zero-order valence-corrected chi connectivity index (χ0v) is 16.5. The van der Waals surface area contributed by atoms with Gasteiger partial charge in [0.1, 0.15) is 12.4 Å². The smallest absolute Gasteiger partial charge is 0.242 e. The van der Waals surface area contributed by atoms with Gasteiger partial charge in [-0.2, -0.15) is 0 Å². The van der Waals surface area contributed by atoms with Crippen LogP contribution in [0.4, 0.5) is 0 Å². The van der Waals surface area contributed by atoms with Gasteiger partial charge in [-0.1, -0.05) is 6.07 Å². The Morgan fingerprint density at radius 2 is 1.70 bits per heavy atom. The van der Waals surface area contributed by atoms with Crippen LogP contribution < -0.4 is 14.2 Å². The fourth-order valence-electron chi connectivity index (χ4n) is 2.67. The van der Waals surface area contributed by atoms with Crippen molar-refractivity contribution < 1.29 is 22.6 Å². The predicted octanol–water partition coefficient (Wildman–Crippen LogP) is 2.18. The van der Waals surface area contributed by atoms with Gasteiger partial charge in [-0.3, -0.25) is 4.90 Å². The number of hydrogen-bond acceptors (Lipinski definition) is 6. The summed E-state index contributed by atoms with van der Waals surface area (Å²) in [6.07, 6.45) is 0. The SMILES string of the molecule is CN(CCOc1ccc(S(=O)(=O)N(C)C)cc1)Cc1ccc2c(c1)OCO2. The van der Waals surface area contributed by atoms with Gasteiger partial charge in [0.2, 0.25) is 16.8 Å². The molecule has 0 bridgehead atoms. The van der Waals surface area contributed by atoms with Crippen LogP contribution in [-0.2, 0) is 16.6 Å². The molecule has 0 atom stereocenters. The summed E-state index contributed by atoms with van der Waals surface area (Å²) < 4.78 is 41.7. The van der Waals surface area contributed by atoms with Crippen LogP contribution in [0.5, 0.6) is 17.2 Å². The lowest BCUT2D eigenvalue weighted by Crippen LogP contribution is -2.24. The van der Waals surface area contributed by atoms with Crippen molar-refractivity contribution >= 4 is 10.0 Å². The summed E-state index contributed by atoms with van der Waals surface area (Å²) in [4.78, 5) is 2.39. The molecular formula is C19H24N2O5S. The monoisotopic (exact) mass is 392 g/mol. The topological polar surface area (TPSA) is 68.3 Å². The summed E-state index contributed by atoms with van der Waals surface area (Å²) in [5.74, 6) is 2.21. The normalized spacial score (nSPS) is 13.4. The van der Waals surface area contributed by atoms with Crippen LogP contribution in [-0.4, -0.2) is 58.7 Å². The Hall–Kier alpha value is -2.29. The van der Waals surface area contributed by atoms with Crippen LogP contribution in [0.25, 0.3) is 0 Å². The van der Waals surface area contributed by atoms with Crippen LogP contribution in [0, 0.1) is 0 Å². The highest BCUT2D eigenvalue weighted by Crippen LogP contribution is 2.32. The van der Waals surface area contributed by atoms with Crippen LogP contribution in [0.2, 0.25) is 0 Å². The first-order valence-corrected chi connectivity index (χ1v) is 10.0. The summed E-state index contributed by atoms with van der Waals surface area (Å²) in [7, 11) is 1.62. The molecule has 0 saturated carbocycles. The molecule has 0 radical (unpaired) electrons. The molecule has 3 rings (SSSR count). The zero-order valence-electron chi connectivity index (χ0n) is 15.7. The highest BCUT2D eigenvalue weighted by Gasteiger charge is 2.17. The fourth-order valence-corrected chi connectivity index (χ4v) is 3.57. The molecule has 0 fully saturated rings. The van der Waals surface area contributed by atoms with Crippen molar-refractivity contribution in [1.29, 1.82) is 0 Å². The van der Waals surface area contributed by atoms with E-state index in [1.54, 1.807) is 24.3 Å². The molecule has 0 N–H and O–H groups in total. The van der Waals surface area contributed by atoms with Gasteiger partial charge in [0.15, 0.2) is 11.5 Å². The predicted molar refractivity (Wildman–Crippen MR) is 102 cm³/mol. The molecular weight excluding hydrogens is 368 g/mol. The lowest BCUT2D eigenvalue weighted by Gasteiger charge is -2.17. The lowest BCUT2D eigenvalue weighted by atomic mass is 10.2. The van der Waals surface area contributed by atoms with Crippen molar-refractivity contribution in [1.82, 2.24) is 9.21 Å². The van der Waals surface area contributed by atoms with Crippen LogP contribution in [0.15, 0.2) is 47.4 Å². The number of sulfonamides is 1. The summed E-state index contributed by atoms with van der Waals surface area (Å²) in [6, 6.07) is 12.4. The van der Waals surface area contributed by atoms with E-state index < -0.39 is 10.0 Å². The van der Waals surface area contributed by atoms with E-state index in [0.717, 1.165) is 30.2 Å². The van der Waals surface area contributed by atoms with Gasteiger partial charge < -0.3 is 14.2 Å². The molecule has 0 amide bonds. The minimum absolute atomic E-state index is 0.250. The molecule has 8 heteroatoms. The molecule has 1 aliphatic heterocycles. The average molecular weight is 392 g/mol. The summed E-state index contributed by atoms with van der Waals surface area (Å²) in [6.45, 7) is 2.27. The molecule has 0 aromatic heterocycles. The molecule has 27 heavy (non-hydrogen) atoms. The van der Waals surface area contributed by atoms with Crippen molar-refractivity contribution in [2.75, 3.05) is 41.1 Å². The van der Waals surface area contributed by atoms with Gasteiger partial charge >= 0.3 is 0 Å². The van der Waals surface area contributed by atoms with Gasteiger partial charge in [-0.25, -0.2) is 12.7 Å². The van der Waals surface area contributed by atoms with Gasteiger partial charge in [0, 0.05) is 27.2 Å². The van der Waals surface area contributed by atoms with Gasteiger partial charge in [0.05, 0.1) is 4.90 Å².